The highest BCUT2D eigenvalue weighted by molar-refractivity contribution is 5.99. The number of aromatic nitrogens is 2. The molecule has 1 unspecified atom stereocenters. The maximum atomic E-state index is 12.5. The number of aryl methyl sites for hydroxylation is 1. The second kappa shape index (κ2) is 10.1. The third-order valence-electron chi connectivity index (χ3n) is 4.32. The first kappa shape index (κ1) is 20.8. The molecule has 0 aliphatic carbocycles. The summed E-state index contributed by atoms with van der Waals surface area (Å²) in [5.74, 6) is -0.292. The van der Waals surface area contributed by atoms with Crippen LogP contribution in [0.25, 0.3) is 0 Å². The molecular weight excluding hydrogens is 386 g/mol. The molecule has 9 nitrogen and oxygen atoms in total. The molecule has 0 saturated carbocycles. The predicted molar refractivity (Wildman–Crippen MR) is 109 cm³/mol. The Bertz CT molecular complexity index is 983. The molecule has 0 radical (unpaired) electrons. The second-order valence-corrected chi connectivity index (χ2v) is 6.67. The molecule has 0 spiro atoms. The zero-order chi connectivity index (χ0) is 21.3. The SMILES string of the molecule is CC(NC(=O)c1cccc(NC(=O)CCn2ccnc2)c1)C(=O)NCc1ccco1. The van der Waals surface area contributed by atoms with Crippen molar-refractivity contribution in [2.24, 2.45) is 0 Å². The number of carbonyl (C=O) groups excluding carboxylic acids is 3. The van der Waals surface area contributed by atoms with Crippen LogP contribution in [0.4, 0.5) is 5.69 Å². The topological polar surface area (TPSA) is 118 Å². The molecule has 3 rings (SSSR count). The van der Waals surface area contributed by atoms with E-state index in [0.717, 1.165) is 0 Å². The van der Waals surface area contributed by atoms with Gasteiger partial charge in [-0.05, 0) is 37.3 Å². The van der Waals surface area contributed by atoms with Crippen LogP contribution in [0.5, 0.6) is 0 Å². The van der Waals surface area contributed by atoms with Crippen LogP contribution in [0.3, 0.4) is 0 Å². The van der Waals surface area contributed by atoms with Crippen LogP contribution in [0.15, 0.2) is 65.8 Å². The fourth-order valence-corrected chi connectivity index (χ4v) is 2.70. The van der Waals surface area contributed by atoms with Crippen LogP contribution in [-0.4, -0.2) is 33.3 Å². The van der Waals surface area contributed by atoms with Gasteiger partial charge in [0.05, 0.1) is 19.1 Å². The average Bonchev–Trinajstić information content (AvgIpc) is 3.44. The Hall–Kier alpha value is -3.88. The minimum absolute atomic E-state index is 0.174. The van der Waals surface area contributed by atoms with Crippen molar-refractivity contribution in [3.8, 4) is 0 Å². The Morgan fingerprint density at radius 3 is 2.80 bits per heavy atom. The normalized spacial score (nSPS) is 11.5. The first-order chi connectivity index (χ1) is 14.5. The molecule has 0 fully saturated rings. The third kappa shape index (κ3) is 6.06. The van der Waals surface area contributed by atoms with Gasteiger partial charge in [0.15, 0.2) is 0 Å². The van der Waals surface area contributed by atoms with Crippen LogP contribution in [0, 0.1) is 0 Å². The lowest BCUT2D eigenvalue weighted by Gasteiger charge is -2.14. The van der Waals surface area contributed by atoms with E-state index in [-0.39, 0.29) is 24.8 Å². The van der Waals surface area contributed by atoms with Crippen molar-refractivity contribution >= 4 is 23.4 Å². The van der Waals surface area contributed by atoms with E-state index < -0.39 is 11.9 Å². The van der Waals surface area contributed by atoms with Gasteiger partial charge in [-0.25, -0.2) is 4.98 Å². The summed E-state index contributed by atoms with van der Waals surface area (Å²) in [6.45, 7) is 2.35. The molecule has 156 valence electrons. The van der Waals surface area contributed by atoms with Crippen LogP contribution < -0.4 is 16.0 Å². The summed E-state index contributed by atoms with van der Waals surface area (Å²) in [6, 6.07) is 9.30. The van der Waals surface area contributed by atoms with Crippen LogP contribution in [0.2, 0.25) is 0 Å². The lowest BCUT2D eigenvalue weighted by atomic mass is 10.1. The summed E-state index contributed by atoms with van der Waals surface area (Å²) in [4.78, 5) is 40.7. The van der Waals surface area contributed by atoms with Crippen molar-refractivity contribution in [2.45, 2.75) is 32.5 Å². The number of benzene rings is 1. The molecule has 0 aliphatic heterocycles. The highest BCUT2D eigenvalue weighted by Crippen LogP contribution is 2.11. The molecule has 1 atom stereocenters. The Morgan fingerprint density at radius 1 is 1.20 bits per heavy atom. The van der Waals surface area contributed by atoms with E-state index in [2.05, 4.69) is 20.9 Å². The van der Waals surface area contributed by atoms with Crippen LogP contribution in [0.1, 0.15) is 29.5 Å². The Labute approximate surface area is 173 Å². The molecule has 2 aromatic heterocycles. The lowest BCUT2D eigenvalue weighted by Crippen LogP contribution is -2.44. The number of amides is 3. The number of furan rings is 1. The largest absolute Gasteiger partial charge is 0.467 e. The number of hydrogen-bond acceptors (Lipinski definition) is 5. The number of anilines is 1. The zero-order valence-corrected chi connectivity index (χ0v) is 16.5. The summed E-state index contributed by atoms with van der Waals surface area (Å²) >= 11 is 0. The number of hydrogen-bond donors (Lipinski definition) is 3. The van der Waals surface area contributed by atoms with Crippen molar-refractivity contribution in [2.75, 3.05) is 5.32 Å². The lowest BCUT2D eigenvalue weighted by molar-refractivity contribution is -0.122. The molecule has 2 heterocycles. The molecular formula is C21H23N5O4. The fraction of sp³-hybridized carbons (Fsp3) is 0.238. The van der Waals surface area contributed by atoms with Gasteiger partial charge < -0.3 is 24.9 Å². The van der Waals surface area contributed by atoms with E-state index in [4.69, 9.17) is 4.42 Å². The van der Waals surface area contributed by atoms with E-state index in [1.165, 1.54) is 6.26 Å². The van der Waals surface area contributed by atoms with Gasteiger partial charge >= 0.3 is 0 Å². The standard InChI is InChI=1S/C21H23N5O4/c1-15(20(28)23-13-18-6-3-11-30-18)24-21(29)16-4-2-5-17(12-16)25-19(27)7-9-26-10-8-22-14-26/h2-6,8,10-12,14-15H,7,9,13H2,1H3,(H,23,28)(H,24,29)(H,25,27). The molecule has 0 aliphatic rings. The van der Waals surface area contributed by atoms with Gasteiger partial charge in [0.2, 0.25) is 11.8 Å². The number of nitrogens with zero attached hydrogens (tertiary/aromatic N) is 2. The van der Waals surface area contributed by atoms with Crippen molar-refractivity contribution in [3.63, 3.8) is 0 Å². The fourth-order valence-electron chi connectivity index (χ4n) is 2.70. The van der Waals surface area contributed by atoms with E-state index in [1.807, 2.05) is 4.57 Å². The summed E-state index contributed by atoms with van der Waals surface area (Å²) < 4.78 is 6.96. The van der Waals surface area contributed by atoms with Crippen molar-refractivity contribution in [1.82, 2.24) is 20.2 Å². The van der Waals surface area contributed by atoms with E-state index >= 15 is 0 Å². The number of carbonyl (C=O) groups is 3. The average molecular weight is 409 g/mol. The van der Waals surface area contributed by atoms with Gasteiger partial charge in [0.25, 0.3) is 5.91 Å². The predicted octanol–water partition coefficient (Wildman–Crippen LogP) is 1.94. The Morgan fingerprint density at radius 2 is 2.07 bits per heavy atom. The molecule has 9 heteroatoms. The third-order valence-corrected chi connectivity index (χ3v) is 4.32. The maximum Gasteiger partial charge on any atom is 0.251 e. The highest BCUT2D eigenvalue weighted by Gasteiger charge is 2.17. The molecule has 0 bridgehead atoms. The number of imidazole rings is 1. The second-order valence-electron chi connectivity index (χ2n) is 6.67. The molecule has 3 aromatic rings. The smallest absolute Gasteiger partial charge is 0.251 e. The van der Waals surface area contributed by atoms with Gasteiger partial charge in [-0.15, -0.1) is 0 Å². The minimum Gasteiger partial charge on any atom is -0.467 e. The Kier molecular flexibility index (Phi) is 6.99. The highest BCUT2D eigenvalue weighted by atomic mass is 16.3. The monoisotopic (exact) mass is 409 g/mol. The molecule has 3 N–H and O–H groups in total. The Balaban J connectivity index is 1.49. The van der Waals surface area contributed by atoms with Crippen molar-refractivity contribution < 1.29 is 18.8 Å². The summed E-state index contributed by atoms with van der Waals surface area (Å²) in [5, 5.41) is 8.11. The molecule has 1 aromatic carbocycles. The first-order valence-corrected chi connectivity index (χ1v) is 9.48. The van der Waals surface area contributed by atoms with E-state index in [1.54, 1.807) is 62.0 Å². The van der Waals surface area contributed by atoms with Crippen LogP contribution >= 0.6 is 0 Å². The minimum atomic E-state index is -0.735. The molecule has 30 heavy (non-hydrogen) atoms. The summed E-state index contributed by atoms with van der Waals surface area (Å²) in [7, 11) is 0. The van der Waals surface area contributed by atoms with Gasteiger partial charge in [-0.3, -0.25) is 14.4 Å². The van der Waals surface area contributed by atoms with E-state index in [9.17, 15) is 14.4 Å². The number of rotatable bonds is 9. The summed E-state index contributed by atoms with van der Waals surface area (Å²) in [5.41, 5.74) is 0.848. The van der Waals surface area contributed by atoms with Crippen molar-refractivity contribution in [3.05, 3.63) is 72.7 Å². The maximum absolute atomic E-state index is 12.5. The van der Waals surface area contributed by atoms with Gasteiger partial charge in [-0.2, -0.15) is 0 Å². The molecule has 0 saturated heterocycles. The van der Waals surface area contributed by atoms with Gasteiger partial charge in [0.1, 0.15) is 11.8 Å². The van der Waals surface area contributed by atoms with Crippen molar-refractivity contribution in [1.29, 1.82) is 0 Å². The van der Waals surface area contributed by atoms with Gasteiger partial charge in [-0.1, -0.05) is 6.07 Å². The van der Waals surface area contributed by atoms with Crippen LogP contribution in [-0.2, 0) is 22.7 Å². The summed E-state index contributed by atoms with van der Waals surface area (Å²) in [6.07, 6.45) is 6.88. The first-order valence-electron chi connectivity index (χ1n) is 9.48. The van der Waals surface area contributed by atoms with Gasteiger partial charge in [0, 0.05) is 36.6 Å². The van der Waals surface area contributed by atoms with E-state index in [0.29, 0.717) is 23.6 Å². The zero-order valence-electron chi connectivity index (χ0n) is 16.5. The number of nitrogens with one attached hydrogen (secondary N) is 3. The molecule has 3 amide bonds. The quantitative estimate of drug-likeness (QED) is 0.499.